The summed E-state index contributed by atoms with van der Waals surface area (Å²) in [5.74, 6) is 1.67. The van der Waals surface area contributed by atoms with Crippen LogP contribution in [0.4, 0.5) is 0 Å². The van der Waals surface area contributed by atoms with E-state index < -0.39 is 0 Å². The lowest BCUT2D eigenvalue weighted by Gasteiger charge is -2.13. The van der Waals surface area contributed by atoms with E-state index in [9.17, 15) is 5.11 Å². The Balaban J connectivity index is 2.11. The molecule has 0 radical (unpaired) electrons. The average molecular weight is 207 g/mol. The summed E-state index contributed by atoms with van der Waals surface area (Å²) in [7, 11) is 1.58. The van der Waals surface area contributed by atoms with Crippen LogP contribution in [0.3, 0.4) is 0 Å². The number of aromatic hydroxyl groups is 1. The maximum Gasteiger partial charge on any atom is 0.124 e. The fourth-order valence-electron chi connectivity index (χ4n) is 1.80. The van der Waals surface area contributed by atoms with Crippen molar-refractivity contribution >= 4 is 0 Å². The second kappa shape index (κ2) is 4.11. The summed E-state index contributed by atoms with van der Waals surface area (Å²) in [5, 5.41) is 9.77. The summed E-state index contributed by atoms with van der Waals surface area (Å²) < 4.78 is 5.02. The van der Waals surface area contributed by atoms with Crippen molar-refractivity contribution in [3.8, 4) is 11.5 Å². The highest BCUT2D eigenvalue weighted by Gasteiger charge is 2.25. The van der Waals surface area contributed by atoms with E-state index in [0.29, 0.717) is 5.75 Å². The van der Waals surface area contributed by atoms with Gasteiger partial charge in [0.15, 0.2) is 0 Å². The zero-order valence-corrected chi connectivity index (χ0v) is 8.94. The van der Waals surface area contributed by atoms with Crippen LogP contribution in [0, 0.1) is 5.92 Å². The van der Waals surface area contributed by atoms with Crippen molar-refractivity contribution < 1.29 is 9.84 Å². The third-order valence-electron chi connectivity index (χ3n) is 2.92. The van der Waals surface area contributed by atoms with Crippen molar-refractivity contribution in [1.29, 1.82) is 0 Å². The van der Waals surface area contributed by atoms with Crippen molar-refractivity contribution in [3.05, 3.63) is 23.8 Å². The number of phenols is 1. The van der Waals surface area contributed by atoms with Gasteiger partial charge in [0.05, 0.1) is 7.11 Å². The zero-order valence-electron chi connectivity index (χ0n) is 8.94. The van der Waals surface area contributed by atoms with Gasteiger partial charge in [-0.25, -0.2) is 0 Å². The van der Waals surface area contributed by atoms with Gasteiger partial charge in [-0.3, -0.25) is 0 Å². The summed E-state index contributed by atoms with van der Waals surface area (Å²) in [6.45, 7) is 0. The van der Waals surface area contributed by atoms with Crippen molar-refractivity contribution in [2.24, 2.45) is 11.7 Å². The molecule has 1 aromatic rings. The Kier molecular flexibility index (Phi) is 2.82. The predicted octanol–water partition coefficient (Wildman–Crippen LogP) is 2.20. The number of hydrogen-bond donors (Lipinski definition) is 2. The van der Waals surface area contributed by atoms with E-state index in [1.807, 2.05) is 12.1 Å². The summed E-state index contributed by atoms with van der Waals surface area (Å²) in [6.07, 6.45) is 3.54. The maximum atomic E-state index is 9.77. The summed E-state index contributed by atoms with van der Waals surface area (Å²) in [6, 6.07) is 5.24. The lowest BCUT2D eigenvalue weighted by atomic mass is 10.0. The molecule has 0 amide bonds. The minimum Gasteiger partial charge on any atom is -0.507 e. The van der Waals surface area contributed by atoms with Gasteiger partial charge < -0.3 is 15.6 Å². The van der Waals surface area contributed by atoms with Crippen LogP contribution in [-0.4, -0.2) is 12.2 Å². The molecule has 0 aromatic heterocycles. The molecule has 0 aliphatic heterocycles. The number of rotatable bonds is 4. The summed E-state index contributed by atoms with van der Waals surface area (Å²) in [5.41, 5.74) is 6.85. The van der Waals surface area contributed by atoms with Crippen LogP contribution in [0.15, 0.2) is 18.2 Å². The zero-order chi connectivity index (χ0) is 10.8. The first-order chi connectivity index (χ1) is 7.20. The minimum absolute atomic E-state index is 0.0524. The Bertz CT molecular complexity index is 347. The molecule has 0 spiro atoms. The maximum absolute atomic E-state index is 9.77. The van der Waals surface area contributed by atoms with E-state index in [1.165, 1.54) is 12.8 Å². The molecule has 1 saturated carbocycles. The molecule has 15 heavy (non-hydrogen) atoms. The van der Waals surface area contributed by atoms with E-state index in [1.54, 1.807) is 13.2 Å². The van der Waals surface area contributed by atoms with Crippen LogP contribution in [0.2, 0.25) is 0 Å². The van der Waals surface area contributed by atoms with Crippen LogP contribution in [0.5, 0.6) is 11.5 Å². The first kappa shape index (κ1) is 10.3. The molecule has 1 aromatic carbocycles. The van der Waals surface area contributed by atoms with Crippen molar-refractivity contribution in [1.82, 2.24) is 0 Å². The Morgan fingerprint density at radius 1 is 1.53 bits per heavy atom. The Morgan fingerprint density at radius 2 is 2.27 bits per heavy atom. The Morgan fingerprint density at radius 3 is 2.80 bits per heavy atom. The SMILES string of the molecule is COc1ccc([C@@H](N)CC2CC2)c(O)c1. The fourth-order valence-corrected chi connectivity index (χ4v) is 1.80. The lowest BCUT2D eigenvalue weighted by molar-refractivity contribution is 0.404. The van der Waals surface area contributed by atoms with Gasteiger partial charge in [-0.2, -0.15) is 0 Å². The van der Waals surface area contributed by atoms with Crippen molar-refractivity contribution in [2.75, 3.05) is 7.11 Å². The van der Waals surface area contributed by atoms with Crippen molar-refractivity contribution in [2.45, 2.75) is 25.3 Å². The predicted molar refractivity (Wildman–Crippen MR) is 58.9 cm³/mol. The van der Waals surface area contributed by atoms with Gasteiger partial charge in [-0.15, -0.1) is 0 Å². The highest BCUT2D eigenvalue weighted by molar-refractivity contribution is 5.41. The van der Waals surface area contributed by atoms with Gasteiger partial charge in [0, 0.05) is 17.7 Å². The largest absolute Gasteiger partial charge is 0.507 e. The van der Waals surface area contributed by atoms with Crippen LogP contribution in [-0.2, 0) is 0 Å². The molecule has 2 rings (SSSR count). The van der Waals surface area contributed by atoms with E-state index in [4.69, 9.17) is 10.5 Å². The molecular weight excluding hydrogens is 190 g/mol. The van der Waals surface area contributed by atoms with E-state index in [-0.39, 0.29) is 11.8 Å². The Labute approximate surface area is 89.9 Å². The van der Waals surface area contributed by atoms with Crippen LogP contribution in [0.1, 0.15) is 30.9 Å². The third kappa shape index (κ3) is 2.42. The summed E-state index contributed by atoms with van der Waals surface area (Å²) in [4.78, 5) is 0. The highest BCUT2D eigenvalue weighted by Crippen LogP contribution is 2.39. The third-order valence-corrected chi connectivity index (χ3v) is 2.92. The summed E-state index contributed by atoms with van der Waals surface area (Å²) >= 11 is 0. The van der Waals surface area contributed by atoms with Crippen LogP contribution < -0.4 is 10.5 Å². The number of phenolic OH excluding ortho intramolecular Hbond substituents is 1. The molecule has 0 unspecified atom stereocenters. The second-order valence-electron chi connectivity index (χ2n) is 4.21. The molecule has 3 N–H and O–H groups in total. The number of ether oxygens (including phenoxy) is 1. The minimum atomic E-state index is -0.0524. The number of benzene rings is 1. The monoisotopic (exact) mass is 207 g/mol. The molecule has 1 aliphatic carbocycles. The molecule has 1 atom stereocenters. The first-order valence-electron chi connectivity index (χ1n) is 5.33. The standard InChI is InChI=1S/C12H17NO2/c1-15-9-4-5-10(12(14)7-9)11(13)6-8-2-3-8/h4-5,7-8,11,14H,2-3,6,13H2,1H3/t11-/m0/s1. The molecule has 1 aliphatic rings. The molecular formula is C12H17NO2. The molecule has 0 saturated heterocycles. The average Bonchev–Trinajstić information content (AvgIpc) is 3.01. The highest BCUT2D eigenvalue weighted by atomic mass is 16.5. The lowest BCUT2D eigenvalue weighted by Crippen LogP contribution is -2.11. The number of nitrogens with two attached hydrogens (primary N) is 1. The number of methoxy groups -OCH3 is 1. The molecule has 1 fully saturated rings. The first-order valence-corrected chi connectivity index (χ1v) is 5.33. The van der Waals surface area contributed by atoms with Crippen LogP contribution >= 0.6 is 0 Å². The van der Waals surface area contributed by atoms with Crippen LogP contribution in [0.25, 0.3) is 0 Å². The van der Waals surface area contributed by atoms with Gasteiger partial charge in [-0.1, -0.05) is 18.9 Å². The topological polar surface area (TPSA) is 55.5 Å². The van der Waals surface area contributed by atoms with E-state index >= 15 is 0 Å². The molecule has 3 heteroatoms. The number of hydrogen-bond acceptors (Lipinski definition) is 3. The van der Waals surface area contributed by atoms with Gasteiger partial charge in [0.25, 0.3) is 0 Å². The van der Waals surface area contributed by atoms with Gasteiger partial charge in [0.1, 0.15) is 11.5 Å². The molecule has 0 heterocycles. The van der Waals surface area contributed by atoms with Gasteiger partial charge >= 0.3 is 0 Å². The van der Waals surface area contributed by atoms with E-state index in [0.717, 1.165) is 17.9 Å². The fraction of sp³-hybridized carbons (Fsp3) is 0.500. The smallest absolute Gasteiger partial charge is 0.124 e. The second-order valence-corrected chi connectivity index (χ2v) is 4.21. The van der Waals surface area contributed by atoms with E-state index in [2.05, 4.69) is 0 Å². The molecule has 0 bridgehead atoms. The van der Waals surface area contributed by atoms with Gasteiger partial charge in [0.2, 0.25) is 0 Å². The molecule has 82 valence electrons. The van der Waals surface area contributed by atoms with Gasteiger partial charge in [-0.05, 0) is 18.4 Å². The molecule has 3 nitrogen and oxygen atoms in total. The normalized spacial score (nSPS) is 17.5. The van der Waals surface area contributed by atoms with Crippen molar-refractivity contribution in [3.63, 3.8) is 0 Å². The quantitative estimate of drug-likeness (QED) is 0.795. The Hall–Kier alpha value is -1.22.